The van der Waals surface area contributed by atoms with Crippen molar-refractivity contribution in [1.82, 2.24) is 0 Å². The van der Waals surface area contributed by atoms with E-state index < -0.39 is 25.7 Å². The molecule has 0 radical (unpaired) electrons. The Labute approximate surface area is 170 Å². The molecule has 0 aromatic rings. The molecule has 1 heterocycles. The Morgan fingerprint density at radius 3 is 0.963 bits per heavy atom. The molecule has 1 rings (SSSR count). The van der Waals surface area contributed by atoms with Gasteiger partial charge in [0.25, 0.3) is 0 Å². The third-order valence-corrected chi connectivity index (χ3v) is 21.0. The molecule has 0 N–H and O–H groups in total. The average molecular weight is 439 g/mol. The van der Waals surface area contributed by atoms with E-state index in [9.17, 15) is 0 Å². The molecule has 27 heavy (non-hydrogen) atoms. The van der Waals surface area contributed by atoms with E-state index in [1.54, 1.807) is 21.3 Å². The lowest BCUT2D eigenvalue weighted by Crippen LogP contribution is -2.69. The molecule has 162 valence electrons. The summed E-state index contributed by atoms with van der Waals surface area (Å²) in [5, 5.41) is 0. The monoisotopic (exact) mass is 438 g/mol. The molecule has 0 spiro atoms. The molecule has 0 aromatic carbocycles. The standard InChI is InChI=1S/C18H42O6Si3/c1-7-25(16-10-13-19-4)22-26(8-2,17-11-14-20-5)24-27(9-3,23-25)18-12-15-21-6/h7-18H2,1-6H3. The zero-order valence-corrected chi connectivity index (χ0v) is 21.4. The van der Waals surface area contributed by atoms with Crippen molar-refractivity contribution in [2.75, 3.05) is 41.2 Å². The molecule has 0 unspecified atom stereocenters. The third-order valence-electron chi connectivity index (χ3n) is 5.45. The van der Waals surface area contributed by atoms with Gasteiger partial charge in [0, 0.05) is 41.2 Å². The second-order valence-corrected chi connectivity index (χ2v) is 18.9. The summed E-state index contributed by atoms with van der Waals surface area (Å²) in [6.45, 7) is 8.99. The molecule has 0 atom stereocenters. The fourth-order valence-electron chi connectivity index (χ4n) is 3.81. The molecule has 0 aliphatic carbocycles. The zero-order chi connectivity index (χ0) is 20.2. The van der Waals surface area contributed by atoms with Crippen molar-refractivity contribution in [2.45, 2.75) is 76.3 Å². The minimum atomic E-state index is -2.29. The number of methoxy groups -OCH3 is 3. The maximum Gasteiger partial charge on any atom is 0.320 e. The molecular formula is C18H42O6Si3. The Bertz CT molecular complexity index is 336. The Hall–Kier alpha value is 0.411. The number of hydrogen-bond donors (Lipinski definition) is 0. The highest BCUT2D eigenvalue weighted by Crippen LogP contribution is 2.43. The summed E-state index contributed by atoms with van der Waals surface area (Å²) in [7, 11) is -1.59. The fraction of sp³-hybridized carbons (Fsp3) is 1.00. The van der Waals surface area contributed by atoms with Crippen molar-refractivity contribution in [3.8, 4) is 0 Å². The highest BCUT2D eigenvalue weighted by molar-refractivity contribution is 6.94. The van der Waals surface area contributed by atoms with E-state index in [0.29, 0.717) is 0 Å². The van der Waals surface area contributed by atoms with Crippen molar-refractivity contribution in [1.29, 1.82) is 0 Å². The van der Waals surface area contributed by atoms with Crippen LogP contribution in [0.4, 0.5) is 0 Å². The van der Waals surface area contributed by atoms with E-state index in [1.807, 2.05) is 0 Å². The molecule has 1 aliphatic rings. The maximum atomic E-state index is 6.94. The molecule has 0 saturated carbocycles. The van der Waals surface area contributed by atoms with Gasteiger partial charge in [0.15, 0.2) is 0 Å². The van der Waals surface area contributed by atoms with Gasteiger partial charge in [0.1, 0.15) is 0 Å². The highest BCUT2D eigenvalue weighted by Gasteiger charge is 2.59. The minimum absolute atomic E-state index is 0.761. The largest absolute Gasteiger partial charge is 0.415 e. The Morgan fingerprint density at radius 2 is 0.778 bits per heavy atom. The first-order chi connectivity index (χ1) is 13.0. The molecule has 6 nitrogen and oxygen atoms in total. The van der Waals surface area contributed by atoms with Crippen LogP contribution in [0.25, 0.3) is 0 Å². The summed E-state index contributed by atoms with van der Waals surface area (Å²) < 4.78 is 36.7. The average Bonchev–Trinajstić information content (AvgIpc) is 2.68. The SMILES string of the molecule is CC[Si]1(CCCOC)O[Si](CC)(CCCOC)O[Si](CC)(CCCOC)O1. The van der Waals surface area contributed by atoms with Crippen LogP contribution in [-0.2, 0) is 26.6 Å². The van der Waals surface area contributed by atoms with Crippen LogP contribution in [0, 0.1) is 0 Å². The second kappa shape index (κ2) is 12.9. The van der Waals surface area contributed by atoms with E-state index in [-0.39, 0.29) is 0 Å². The lowest BCUT2D eigenvalue weighted by Gasteiger charge is -2.53. The lowest BCUT2D eigenvalue weighted by molar-refractivity contribution is 0.172. The van der Waals surface area contributed by atoms with Crippen molar-refractivity contribution in [2.24, 2.45) is 0 Å². The molecule has 0 bridgehead atoms. The first kappa shape index (κ1) is 25.4. The maximum absolute atomic E-state index is 6.94. The normalized spacial score (nSPS) is 31.3. The Balaban J connectivity index is 3.10. The van der Waals surface area contributed by atoms with Crippen LogP contribution in [0.1, 0.15) is 40.0 Å². The molecule has 0 amide bonds. The van der Waals surface area contributed by atoms with Crippen LogP contribution in [0.3, 0.4) is 0 Å². The summed E-state index contributed by atoms with van der Waals surface area (Å²) in [6.07, 6.45) is 2.99. The molecule has 1 aliphatic heterocycles. The van der Waals surface area contributed by atoms with Gasteiger partial charge >= 0.3 is 25.7 Å². The quantitative estimate of drug-likeness (QED) is 0.276. The zero-order valence-electron chi connectivity index (χ0n) is 18.4. The molecule has 1 saturated heterocycles. The van der Waals surface area contributed by atoms with Gasteiger partial charge < -0.3 is 26.6 Å². The summed E-state index contributed by atoms with van der Waals surface area (Å²) in [5.74, 6) is 0. The third kappa shape index (κ3) is 7.63. The predicted octanol–water partition coefficient (Wildman–Crippen LogP) is 4.55. The van der Waals surface area contributed by atoms with E-state index in [2.05, 4.69) is 20.8 Å². The summed E-state index contributed by atoms with van der Waals surface area (Å²) in [6, 6.07) is 5.95. The van der Waals surface area contributed by atoms with Gasteiger partial charge in [-0.1, -0.05) is 20.8 Å². The number of hydrogen-bond acceptors (Lipinski definition) is 6. The van der Waals surface area contributed by atoms with Crippen molar-refractivity contribution < 1.29 is 26.6 Å². The molecule has 1 fully saturated rings. The Kier molecular flexibility index (Phi) is 12.1. The van der Waals surface area contributed by atoms with Gasteiger partial charge in [0.05, 0.1) is 0 Å². The van der Waals surface area contributed by atoms with E-state index in [4.69, 9.17) is 26.6 Å². The lowest BCUT2D eigenvalue weighted by atomic mass is 10.5. The van der Waals surface area contributed by atoms with Crippen LogP contribution in [0.15, 0.2) is 0 Å². The first-order valence-corrected chi connectivity index (χ1v) is 17.3. The van der Waals surface area contributed by atoms with E-state index >= 15 is 0 Å². The van der Waals surface area contributed by atoms with Crippen LogP contribution >= 0.6 is 0 Å². The number of ether oxygens (including phenoxy) is 3. The number of rotatable bonds is 15. The van der Waals surface area contributed by atoms with Gasteiger partial charge in [-0.15, -0.1) is 0 Å². The van der Waals surface area contributed by atoms with Crippen LogP contribution in [-0.4, -0.2) is 66.8 Å². The molecular weight excluding hydrogens is 396 g/mol. The van der Waals surface area contributed by atoms with Crippen LogP contribution < -0.4 is 0 Å². The van der Waals surface area contributed by atoms with Crippen LogP contribution in [0.2, 0.25) is 36.3 Å². The summed E-state index contributed by atoms with van der Waals surface area (Å²) in [5.41, 5.74) is 0. The van der Waals surface area contributed by atoms with Gasteiger partial charge in [-0.05, 0) is 55.5 Å². The van der Waals surface area contributed by atoms with Crippen molar-refractivity contribution >= 4 is 25.7 Å². The smallest absolute Gasteiger partial charge is 0.320 e. The Morgan fingerprint density at radius 1 is 0.519 bits per heavy atom. The molecule has 0 aromatic heterocycles. The first-order valence-electron chi connectivity index (χ1n) is 10.6. The van der Waals surface area contributed by atoms with E-state index in [0.717, 1.165) is 75.3 Å². The minimum Gasteiger partial charge on any atom is -0.415 e. The fourth-order valence-corrected chi connectivity index (χ4v) is 22.6. The van der Waals surface area contributed by atoms with E-state index in [1.165, 1.54) is 0 Å². The van der Waals surface area contributed by atoms with Gasteiger partial charge in [-0.2, -0.15) is 0 Å². The topological polar surface area (TPSA) is 55.4 Å². The van der Waals surface area contributed by atoms with Crippen LogP contribution in [0.5, 0.6) is 0 Å². The van der Waals surface area contributed by atoms with Gasteiger partial charge in [-0.3, -0.25) is 0 Å². The molecule has 9 heteroatoms. The predicted molar refractivity (Wildman–Crippen MR) is 116 cm³/mol. The second-order valence-electron chi connectivity index (χ2n) is 7.39. The van der Waals surface area contributed by atoms with Gasteiger partial charge in [0.2, 0.25) is 0 Å². The summed E-state index contributed by atoms with van der Waals surface area (Å²) >= 11 is 0. The van der Waals surface area contributed by atoms with Crippen molar-refractivity contribution in [3.63, 3.8) is 0 Å². The summed E-state index contributed by atoms with van der Waals surface area (Å²) in [4.78, 5) is 0. The van der Waals surface area contributed by atoms with Gasteiger partial charge in [-0.25, -0.2) is 0 Å². The van der Waals surface area contributed by atoms with Crippen molar-refractivity contribution in [3.05, 3.63) is 0 Å². The highest BCUT2D eigenvalue weighted by atomic mass is 28.5.